The molecule has 3 nitrogen and oxygen atoms in total. The van der Waals surface area contributed by atoms with E-state index in [9.17, 15) is 9.59 Å². The van der Waals surface area contributed by atoms with Gasteiger partial charge in [-0.15, -0.1) is 0 Å². The van der Waals surface area contributed by atoms with Crippen LogP contribution in [0.3, 0.4) is 0 Å². The largest absolute Gasteiger partial charge is 0.456 e. The van der Waals surface area contributed by atoms with Crippen molar-refractivity contribution in [1.29, 1.82) is 0 Å². The van der Waals surface area contributed by atoms with Crippen molar-refractivity contribution in [1.82, 2.24) is 0 Å². The third kappa shape index (κ3) is 4.81. The van der Waals surface area contributed by atoms with Crippen molar-refractivity contribution < 1.29 is 14.3 Å². The first-order valence-electron chi connectivity index (χ1n) is 5.68. The van der Waals surface area contributed by atoms with Crippen molar-refractivity contribution in [2.75, 3.05) is 0 Å². The molecule has 0 atom stereocenters. The van der Waals surface area contributed by atoms with Crippen LogP contribution in [0.25, 0.3) is 0 Å². The maximum absolute atomic E-state index is 11.7. The van der Waals surface area contributed by atoms with Gasteiger partial charge in [0.1, 0.15) is 11.9 Å². The molecule has 0 unspecified atom stereocenters. The van der Waals surface area contributed by atoms with Crippen LogP contribution in [0.5, 0.6) is 0 Å². The molecule has 0 aliphatic heterocycles. The highest BCUT2D eigenvalue weighted by Gasteiger charge is 2.17. The summed E-state index contributed by atoms with van der Waals surface area (Å²) in [7, 11) is 0. The van der Waals surface area contributed by atoms with Crippen LogP contribution >= 0.6 is 0 Å². The standard InChI is InChI=1S/C14H18O3/c1-14(2,3)17-13(16)12-8-6-11(7-9-12)5-4-10-15/h6-10H,4-5H2,1-3H3. The number of hydrogen-bond donors (Lipinski definition) is 0. The SMILES string of the molecule is CC(C)(C)OC(=O)c1ccc(CCC=O)cc1. The molecule has 0 aromatic heterocycles. The molecule has 0 fully saturated rings. The molecule has 17 heavy (non-hydrogen) atoms. The van der Waals surface area contributed by atoms with Crippen LogP contribution in [0, 0.1) is 0 Å². The fourth-order valence-corrected chi connectivity index (χ4v) is 1.37. The Morgan fingerprint density at radius 2 is 1.82 bits per heavy atom. The molecule has 0 spiro atoms. The first-order valence-corrected chi connectivity index (χ1v) is 5.68. The Morgan fingerprint density at radius 1 is 1.24 bits per heavy atom. The summed E-state index contributed by atoms with van der Waals surface area (Å²) >= 11 is 0. The van der Waals surface area contributed by atoms with Gasteiger partial charge in [0.2, 0.25) is 0 Å². The van der Waals surface area contributed by atoms with E-state index in [1.54, 1.807) is 12.1 Å². The van der Waals surface area contributed by atoms with Gasteiger partial charge in [-0.05, 0) is 44.9 Å². The van der Waals surface area contributed by atoms with Crippen molar-refractivity contribution in [3.63, 3.8) is 0 Å². The third-order valence-corrected chi connectivity index (χ3v) is 2.14. The fourth-order valence-electron chi connectivity index (χ4n) is 1.37. The number of rotatable bonds is 4. The van der Waals surface area contributed by atoms with Crippen molar-refractivity contribution in [2.45, 2.75) is 39.2 Å². The molecule has 0 bridgehead atoms. The van der Waals surface area contributed by atoms with Gasteiger partial charge in [-0.2, -0.15) is 0 Å². The molecule has 0 aliphatic rings. The highest BCUT2D eigenvalue weighted by molar-refractivity contribution is 5.89. The van der Waals surface area contributed by atoms with E-state index < -0.39 is 5.60 Å². The molecule has 92 valence electrons. The topological polar surface area (TPSA) is 43.4 Å². The number of carbonyl (C=O) groups excluding carboxylic acids is 2. The van der Waals surface area contributed by atoms with Gasteiger partial charge in [0.25, 0.3) is 0 Å². The van der Waals surface area contributed by atoms with E-state index in [-0.39, 0.29) is 5.97 Å². The van der Waals surface area contributed by atoms with Crippen molar-refractivity contribution in [3.8, 4) is 0 Å². The molecular formula is C14H18O3. The zero-order valence-corrected chi connectivity index (χ0v) is 10.5. The van der Waals surface area contributed by atoms with E-state index in [2.05, 4.69) is 0 Å². The van der Waals surface area contributed by atoms with E-state index in [0.29, 0.717) is 18.4 Å². The molecule has 0 amide bonds. The van der Waals surface area contributed by atoms with Gasteiger partial charge in [-0.1, -0.05) is 12.1 Å². The summed E-state index contributed by atoms with van der Waals surface area (Å²) in [5, 5.41) is 0. The van der Waals surface area contributed by atoms with Crippen LogP contribution in [0.2, 0.25) is 0 Å². The minimum Gasteiger partial charge on any atom is -0.456 e. The molecular weight excluding hydrogens is 216 g/mol. The molecule has 0 aliphatic carbocycles. The summed E-state index contributed by atoms with van der Waals surface area (Å²) in [5.74, 6) is -0.320. The van der Waals surface area contributed by atoms with E-state index in [1.807, 2.05) is 32.9 Å². The number of ether oxygens (including phenoxy) is 1. The highest BCUT2D eigenvalue weighted by atomic mass is 16.6. The summed E-state index contributed by atoms with van der Waals surface area (Å²) in [6.45, 7) is 5.51. The summed E-state index contributed by atoms with van der Waals surface area (Å²) in [5.41, 5.74) is 1.10. The van der Waals surface area contributed by atoms with E-state index in [4.69, 9.17) is 4.74 Å². The van der Waals surface area contributed by atoms with Crippen LogP contribution in [-0.2, 0) is 16.0 Å². The Bertz CT molecular complexity index is 385. The molecule has 1 aromatic carbocycles. The lowest BCUT2D eigenvalue weighted by molar-refractivity contribution is -0.107. The second-order valence-electron chi connectivity index (χ2n) is 4.90. The van der Waals surface area contributed by atoms with Crippen LogP contribution in [-0.4, -0.2) is 17.9 Å². The maximum atomic E-state index is 11.7. The lowest BCUT2D eigenvalue weighted by Gasteiger charge is -2.19. The Hall–Kier alpha value is -1.64. The Kier molecular flexibility index (Phi) is 4.44. The molecule has 1 aromatic rings. The molecule has 0 saturated carbocycles. The Balaban J connectivity index is 2.67. The van der Waals surface area contributed by atoms with Gasteiger partial charge < -0.3 is 9.53 Å². The van der Waals surface area contributed by atoms with Crippen molar-refractivity contribution >= 4 is 12.3 Å². The average molecular weight is 234 g/mol. The lowest BCUT2D eigenvalue weighted by atomic mass is 10.1. The summed E-state index contributed by atoms with van der Waals surface area (Å²) in [6.07, 6.45) is 2.10. The molecule has 3 heteroatoms. The third-order valence-electron chi connectivity index (χ3n) is 2.14. The average Bonchev–Trinajstić information content (AvgIpc) is 2.24. The number of carbonyl (C=O) groups is 2. The highest BCUT2D eigenvalue weighted by Crippen LogP contribution is 2.13. The number of aldehydes is 1. The minimum atomic E-state index is -0.479. The fraction of sp³-hybridized carbons (Fsp3) is 0.429. The van der Waals surface area contributed by atoms with Gasteiger partial charge >= 0.3 is 5.97 Å². The predicted octanol–water partition coefficient (Wildman–Crippen LogP) is 2.77. The van der Waals surface area contributed by atoms with Gasteiger partial charge in [0.05, 0.1) is 5.56 Å². The van der Waals surface area contributed by atoms with Crippen LogP contribution in [0.15, 0.2) is 24.3 Å². The first-order chi connectivity index (χ1) is 7.92. The van der Waals surface area contributed by atoms with Gasteiger partial charge in [-0.3, -0.25) is 0 Å². The Morgan fingerprint density at radius 3 is 2.29 bits per heavy atom. The van der Waals surface area contributed by atoms with Crippen molar-refractivity contribution in [2.24, 2.45) is 0 Å². The zero-order valence-electron chi connectivity index (χ0n) is 10.5. The quantitative estimate of drug-likeness (QED) is 0.594. The maximum Gasteiger partial charge on any atom is 0.338 e. The van der Waals surface area contributed by atoms with Crippen LogP contribution in [0.1, 0.15) is 43.1 Å². The molecule has 1 rings (SSSR count). The first kappa shape index (κ1) is 13.4. The number of hydrogen-bond acceptors (Lipinski definition) is 3. The monoisotopic (exact) mass is 234 g/mol. The number of aryl methyl sites for hydroxylation is 1. The summed E-state index contributed by atoms with van der Waals surface area (Å²) in [6, 6.07) is 7.16. The van der Waals surface area contributed by atoms with Crippen molar-refractivity contribution in [3.05, 3.63) is 35.4 Å². The van der Waals surface area contributed by atoms with Gasteiger partial charge in [0.15, 0.2) is 0 Å². The van der Waals surface area contributed by atoms with E-state index in [0.717, 1.165) is 11.8 Å². The molecule has 0 saturated heterocycles. The van der Waals surface area contributed by atoms with E-state index >= 15 is 0 Å². The Labute approximate surface area is 102 Å². The second-order valence-corrected chi connectivity index (χ2v) is 4.90. The normalized spacial score (nSPS) is 11.0. The summed E-state index contributed by atoms with van der Waals surface area (Å²) < 4.78 is 5.25. The molecule has 0 radical (unpaired) electrons. The number of benzene rings is 1. The second kappa shape index (κ2) is 5.62. The van der Waals surface area contributed by atoms with Gasteiger partial charge in [0, 0.05) is 6.42 Å². The minimum absolute atomic E-state index is 0.320. The van der Waals surface area contributed by atoms with Crippen LogP contribution < -0.4 is 0 Å². The predicted molar refractivity (Wildman–Crippen MR) is 66.0 cm³/mol. The van der Waals surface area contributed by atoms with E-state index in [1.165, 1.54) is 0 Å². The molecule has 0 N–H and O–H groups in total. The lowest BCUT2D eigenvalue weighted by Crippen LogP contribution is -2.23. The smallest absolute Gasteiger partial charge is 0.338 e. The van der Waals surface area contributed by atoms with Crippen LogP contribution in [0.4, 0.5) is 0 Å². The zero-order chi connectivity index (χ0) is 12.9. The summed E-state index contributed by atoms with van der Waals surface area (Å²) in [4.78, 5) is 21.9. The van der Waals surface area contributed by atoms with Gasteiger partial charge in [-0.25, -0.2) is 4.79 Å². The molecule has 0 heterocycles. The number of esters is 1.